The Morgan fingerprint density at radius 3 is 3.12 bits per heavy atom. The number of carbonyl (C=O) groups excluding carboxylic acids is 1. The van der Waals surface area contributed by atoms with Crippen molar-refractivity contribution in [2.75, 3.05) is 18.9 Å². The van der Waals surface area contributed by atoms with Crippen LogP contribution in [-0.4, -0.2) is 45.4 Å². The van der Waals surface area contributed by atoms with Gasteiger partial charge in [-0.05, 0) is 36.2 Å². The van der Waals surface area contributed by atoms with E-state index in [-0.39, 0.29) is 11.8 Å². The average molecular weight is 345 g/mol. The van der Waals surface area contributed by atoms with Gasteiger partial charge in [-0.2, -0.15) is 0 Å². The second-order valence-electron chi connectivity index (χ2n) is 7.01. The molecule has 2 aliphatic rings. The minimum atomic E-state index is -0.219. The minimum absolute atomic E-state index is 0.0460. The first-order valence-corrected chi connectivity index (χ1v) is 8.79. The lowest BCUT2D eigenvalue weighted by atomic mass is 9.80. The molecule has 26 heavy (non-hydrogen) atoms. The molecule has 2 atom stereocenters. The van der Waals surface area contributed by atoms with Gasteiger partial charge in [-0.25, -0.2) is 4.98 Å². The molecular formula is C20H19N5O. The summed E-state index contributed by atoms with van der Waals surface area (Å²) in [5, 5.41) is 4.17. The van der Waals surface area contributed by atoms with E-state index in [0.29, 0.717) is 18.4 Å². The third-order valence-electron chi connectivity index (χ3n) is 5.42. The smallest absolute Gasteiger partial charge is 0.233 e. The number of anilines is 1. The Morgan fingerprint density at radius 1 is 1.35 bits per heavy atom. The highest BCUT2D eigenvalue weighted by atomic mass is 16.2. The number of likely N-dealkylation sites (N-methyl/N-ethyl adjacent to an activating group) is 1. The van der Waals surface area contributed by atoms with Crippen molar-refractivity contribution in [1.29, 1.82) is 0 Å². The van der Waals surface area contributed by atoms with Crippen molar-refractivity contribution in [3.63, 3.8) is 0 Å². The van der Waals surface area contributed by atoms with Crippen molar-refractivity contribution in [2.45, 2.75) is 12.5 Å². The molecule has 6 nitrogen and oxygen atoms in total. The zero-order valence-corrected chi connectivity index (χ0v) is 14.4. The molecule has 2 N–H and O–H groups in total. The largest absolute Gasteiger partial charge is 0.361 e. The Bertz CT molecular complexity index is 1020. The molecule has 0 fully saturated rings. The van der Waals surface area contributed by atoms with Crippen LogP contribution in [0, 0.1) is 5.92 Å². The summed E-state index contributed by atoms with van der Waals surface area (Å²) in [6.07, 6.45) is 9.96. The second kappa shape index (κ2) is 5.78. The molecule has 6 heteroatoms. The number of benzene rings is 1. The second-order valence-corrected chi connectivity index (χ2v) is 7.01. The first-order chi connectivity index (χ1) is 12.7. The molecule has 0 unspecified atom stereocenters. The number of aromatic nitrogens is 3. The van der Waals surface area contributed by atoms with Gasteiger partial charge >= 0.3 is 0 Å². The molecule has 0 spiro atoms. The summed E-state index contributed by atoms with van der Waals surface area (Å²) in [7, 11) is 2.10. The van der Waals surface area contributed by atoms with Gasteiger partial charge in [0.05, 0.1) is 12.1 Å². The molecule has 1 aliphatic carbocycles. The summed E-state index contributed by atoms with van der Waals surface area (Å²) < 4.78 is 0. The maximum Gasteiger partial charge on any atom is 0.233 e. The number of amides is 1. The number of hydrogen-bond acceptors (Lipinski definition) is 4. The van der Waals surface area contributed by atoms with Gasteiger partial charge in [0.2, 0.25) is 5.91 Å². The van der Waals surface area contributed by atoms with Crippen molar-refractivity contribution in [2.24, 2.45) is 5.92 Å². The van der Waals surface area contributed by atoms with Gasteiger partial charge in [0, 0.05) is 42.1 Å². The third-order valence-corrected chi connectivity index (χ3v) is 5.42. The number of aromatic amines is 1. The van der Waals surface area contributed by atoms with Crippen LogP contribution in [0.2, 0.25) is 0 Å². The Balaban J connectivity index is 1.53. The van der Waals surface area contributed by atoms with Crippen molar-refractivity contribution < 1.29 is 4.79 Å². The van der Waals surface area contributed by atoms with Crippen LogP contribution in [0.3, 0.4) is 0 Å². The van der Waals surface area contributed by atoms with E-state index < -0.39 is 0 Å². The van der Waals surface area contributed by atoms with Gasteiger partial charge in [0.25, 0.3) is 0 Å². The van der Waals surface area contributed by atoms with Crippen LogP contribution >= 0.6 is 0 Å². The van der Waals surface area contributed by atoms with Crippen molar-refractivity contribution in [3.8, 4) is 0 Å². The van der Waals surface area contributed by atoms with E-state index in [2.05, 4.69) is 62.7 Å². The quantitative estimate of drug-likeness (QED) is 0.748. The molecule has 130 valence electrons. The highest BCUT2D eigenvalue weighted by Crippen LogP contribution is 2.40. The number of hydrogen-bond donors (Lipinski definition) is 2. The zero-order chi connectivity index (χ0) is 17.7. The van der Waals surface area contributed by atoms with E-state index in [4.69, 9.17) is 0 Å². The van der Waals surface area contributed by atoms with E-state index in [9.17, 15) is 4.79 Å². The summed E-state index contributed by atoms with van der Waals surface area (Å²) in [5.41, 5.74) is 4.99. The topological polar surface area (TPSA) is 73.9 Å². The van der Waals surface area contributed by atoms with E-state index in [0.717, 1.165) is 11.9 Å². The lowest BCUT2D eigenvalue weighted by Crippen LogP contribution is -2.45. The van der Waals surface area contributed by atoms with Crippen LogP contribution in [0.1, 0.15) is 11.1 Å². The van der Waals surface area contributed by atoms with Gasteiger partial charge in [0.15, 0.2) is 5.82 Å². The molecule has 0 saturated carbocycles. The standard InChI is InChI=1S/C20H19N5O/c1-25-11-13(20(26)24-18-10-21-5-6-22-18)7-15-14-3-2-4-16-19(14)12(9-23-16)8-17(15)25/h2-7,9-10,13,17,23H,8,11H2,1H3,(H,22,24,26)/t13-,17+/m0/s1. The fraction of sp³-hybridized carbons (Fsp3) is 0.250. The van der Waals surface area contributed by atoms with Gasteiger partial charge in [-0.3, -0.25) is 14.7 Å². The van der Waals surface area contributed by atoms with Gasteiger partial charge < -0.3 is 10.3 Å². The molecule has 0 radical (unpaired) electrons. The molecule has 1 aliphatic heterocycles. The Kier molecular flexibility index (Phi) is 3.39. The van der Waals surface area contributed by atoms with E-state index in [1.165, 1.54) is 22.1 Å². The highest BCUT2D eigenvalue weighted by molar-refractivity contribution is 6.00. The lowest BCUT2D eigenvalue weighted by Gasteiger charge is -2.39. The number of H-pyrrole nitrogens is 1. The molecular weight excluding hydrogens is 326 g/mol. The summed E-state index contributed by atoms with van der Waals surface area (Å²) in [5.74, 6) is 0.221. The summed E-state index contributed by atoms with van der Waals surface area (Å²) in [4.78, 5) is 26.6. The van der Waals surface area contributed by atoms with Gasteiger partial charge in [-0.1, -0.05) is 18.2 Å². The third kappa shape index (κ3) is 2.34. The predicted octanol–water partition coefficient (Wildman–Crippen LogP) is 2.47. The van der Waals surface area contributed by atoms with Crippen LogP contribution in [0.5, 0.6) is 0 Å². The van der Waals surface area contributed by atoms with Gasteiger partial charge in [-0.15, -0.1) is 0 Å². The molecule has 0 saturated heterocycles. The Morgan fingerprint density at radius 2 is 2.27 bits per heavy atom. The van der Waals surface area contributed by atoms with E-state index in [1.54, 1.807) is 18.6 Å². The number of carbonyl (C=O) groups is 1. The van der Waals surface area contributed by atoms with Crippen LogP contribution in [0.25, 0.3) is 16.5 Å². The van der Waals surface area contributed by atoms with Crippen molar-refractivity contribution >= 4 is 28.2 Å². The maximum absolute atomic E-state index is 12.8. The molecule has 3 heterocycles. The van der Waals surface area contributed by atoms with Crippen molar-refractivity contribution in [1.82, 2.24) is 19.9 Å². The number of fused-ring (bicyclic) bond motifs is 2. The molecule has 3 aromatic rings. The molecule has 1 aromatic carbocycles. The van der Waals surface area contributed by atoms with Crippen LogP contribution in [0.4, 0.5) is 5.82 Å². The molecule has 2 aromatic heterocycles. The monoisotopic (exact) mass is 345 g/mol. The van der Waals surface area contributed by atoms with Crippen LogP contribution in [-0.2, 0) is 11.2 Å². The SMILES string of the molecule is CN1C[C@@H](C(=O)Nc2cnccn2)C=C2c3cccc4[nH]cc(c34)C[C@H]21. The fourth-order valence-electron chi connectivity index (χ4n) is 4.20. The molecule has 1 amide bonds. The zero-order valence-electron chi connectivity index (χ0n) is 14.4. The first-order valence-electron chi connectivity index (χ1n) is 8.79. The number of nitrogens with one attached hydrogen (secondary N) is 2. The van der Waals surface area contributed by atoms with E-state index >= 15 is 0 Å². The highest BCUT2D eigenvalue weighted by Gasteiger charge is 2.35. The predicted molar refractivity (Wildman–Crippen MR) is 101 cm³/mol. The average Bonchev–Trinajstić information content (AvgIpc) is 3.08. The van der Waals surface area contributed by atoms with Crippen molar-refractivity contribution in [3.05, 3.63) is 60.2 Å². The fourth-order valence-corrected chi connectivity index (χ4v) is 4.20. The van der Waals surface area contributed by atoms with E-state index in [1.807, 2.05) is 0 Å². The minimum Gasteiger partial charge on any atom is -0.361 e. The number of nitrogens with zero attached hydrogens (tertiary/aromatic N) is 3. The summed E-state index contributed by atoms with van der Waals surface area (Å²) in [6.45, 7) is 0.690. The van der Waals surface area contributed by atoms with Crippen LogP contribution < -0.4 is 5.32 Å². The first kappa shape index (κ1) is 15.3. The lowest BCUT2D eigenvalue weighted by molar-refractivity contribution is -0.119. The van der Waals surface area contributed by atoms with Gasteiger partial charge in [0.1, 0.15) is 0 Å². The normalized spacial score (nSPS) is 22.0. The summed E-state index contributed by atoms with van der Waals surface area (Å²) in [6, 6.07) is 6.65. The van der Waals surface area contributed by atoms with Crippen LogP contribution in [0.15, 0.2) is 49.1 Å². The molecule has 0 bridgehead atoms. The summed E-state index contributed by atoms with van der Waals surface area (Å²) >= 11 is 0. The molecule has 5 rings (SSSR count). The Labute approximate surface area is 151 Å². The Hall–Kier alpha value is -2.99. The maximum atomic E-state index is 12.8. The number of rotatable bonds is 2.